The standard InChI is InChI=1S/C18H17ClFN3O6S/c19-13-1-6-17(16(11-13)23(25)26)29-12-18(24)21-7-9-22(10-8-21)30(27,28)15-4-2-14(20)3-5-15/h1-6,11H,7-10,12H2. The molecule has 0 N–H and O–H groups in total. The van der Waals surface area contributed by atoms with Crippen LogP contribution < -0.4 is 4.74 Å². The van der Waals surface area contributed by atoms with Crippen molar-refractivity contribution in [1.29, 1.82) is 0 Å². The van der Waals surface area contributed by atoms with Gasteiger partial charge in [0.25, 0.3) is 5.91 Å². The summed E-state index contributed by atoms with van der Waals surface area (Å²) in [6.45, 7) is -0.0527. The van der Waals surface area contributed by atoms with Gasteiger partial charge < -0.3 is 9.64 Å². The average molecular weight is 458 g/mol. The quantitative estimate of drug-likeness (QED) is 0.486. The summed E-state index contributed by atoms with van der Waals surface area (Å²) in [5.41, 5.74) is -0.356. The van der Waals surface area contributed by atoms with Crippen molar-refractivity contribution in [3.8, 4) is 5.75 Å². The summed E-state index contributed by atoms with van der Waals surface area (Å²) in [5.74, 6) is -1.06. The highest BCUT2D eigenvalue weighted by atomic mass is 35.5. The first kappa shape index (κ1) is 21.9. The Balaban J connectivity index is 1.58. The van der Waals surface area contributed by atoms with Gasteiger partial charge in [0.1, 0.15) is 5.82 Å². The number of nitro groups is 1. The third-order valence-electron chi connectivity index (χ3n) is 4.51. The van der Waals surface area contributed by atoms with Crippen LogP contribution in [0.5, 0.6) is 5.75 Å². The molecular formula is C18H17ClFN3O6S. The van der Waals surface area contributed by atoms with Crippen molar-refractivity contribution in [3.63, 3.8) is 0 Å². The fourth-order valence-corrected chi connectivity index (χ4v) is 4.51. The lowest BCUT2D eigenvalue weighted by Crippen LogP contribution is -2.51. The number of piperazine rings is 1. The largest absolute Gasteiger partial charge is 0.477 e. The molecule has 1 saturated heterocycles. The highest BCUT2D eigenvalue weighted by Crippen LogP contribution is 2.30. The number of carbonyl (C=O) groups is 1. The summed E-state index contributed by atoms with van der Waals surface area (Å²) >= 11 is 5.74. The summed E-state index contributed by atoms with van der Waals surface area (Å²) in [7, 11) is -3.79. The Labute approximate surface area is 176 Å². The molecule has 1 aliphatic heterocycles. The number of carbonyl (C=O) groups excluding carboxylic acids is 1. The minimum absolute atomic E-state index is 0.0259. The van der Waals surface area contributed by atoms with Crippen LogP contribution in [-0.4, -0.2) is 61.2 Å². The Kier molecular flexibility index (Phi) is 6.54. The zero-order valence-electron chi connectivity index (χ0n) is 15.5. The van der Waals surface area contributed by atoms with Crippen LogP contribution in [0.1, 0.15) is 0 Å². The first-order chi connectivity index (χ1) is 14.2. The van der Waals surface area contributed by atoms with E-state index in [1.54, 1.807) is 0 Å². The Morgan fingerprint density at radius 2 is 1.77 bits per heavy atom. The first-order valence-electron chi connectivity index (χ1n) is 8.79. The second kappa shape index (κ2) is 8.94. The van der Waals surface area contributed by atoms with Crippen molar-refractivity contribution < 1.29 is 27.3 Å². The number of halogens is 2. The molecule has 9 nitrogen and oxygen atoms in total. The summed E-state index contributed by atoms with van der Waals surface area (Å²) in [4.78, 5) is 24.2. The number of nitro benzene ring substituents is 1. The van der Waals surface area contributed by atoms with Crippen molar-refractivity contribution in [2.45, 2.75) is 4.90 Å². The lowest BCUT2D eigenvalue weighted by Gasteiger charge is -2.33. The van der Waals surface area contributed by atoms with Crippen LogP contribution in [0, 0.1) is 15.9 Å². The van der Waals surface area contributed by atoms with Gasteiger partial charge >= 0.3 is 5.69 Å². The van der Waals surface area contributed by atoms with Crippen LogP contribution >= 0.6 is 11.6 Å². The average Bonchev–Trinajstić information content (AvgIpc) is 2.73. The monoisotopic (exact) mass is 457 g/mol. The molecule has 0 unspecified atom stereocenters. The molecule has 0 bridgehead atoms. The number of hydrogen-bond donors (Lipinski definition) is 0. The molecule has 1 heterocycles. The zero-order chi connectivity index (χ0) is 21.9. The second-order valence-electron chi connectivity index (χ2n) is 6.40. The van der Waals surface area contributed by atoms with Crippen LogP contribution in [-0.2, 0) is 14.8 Å². The maximum atomic E-state index is 13.0. The molecule has 2 aromatic rings. The number of amides is 1. The van der Waals surface area contributed by atoms with Gasteiger partial charge in [-0.1, -0.05) is 11.6 Å². The molecule has 0 atom stereocenters. The van der Waals surface area contributed by atoms with Gasteiger partial charge in [-0.2, -0.15) is 4.31 Å². The van der Waals surface area contributed by atoms with Crippen molar-refractivity contribution >= 4 is 33.2 Å². The van der Waals surface area contributed by atoms with E-state index in [-0.39, 0.29) is 47.5 Å². The maximum absolute atomic E-state index is 13.0. The lowest BCUT2D eigenvalue weighted by molar-refractivity contribution is -0.385. The number of benzene rings is 2. The molecule has 1 amide bonds. The van der Waals surface area contributed by atoms with Crippen molar-refractivity contribution in [3.05, 3.63) is 63.4 Å². The van der Waals surface area contributed by atoms with Gasteiger partial charge in [0, 0.05) is 37.3 Å². The molecular weight excluding hydrogens is 441 g/mol. The molecule has 0 radical (unpaired) electrons. The van der Waals surface area contributed by atoms with Gasteiger partial charge in [0.2, 0.25) is 10.0 Å². The van der Waals surface area contributed by atoms with Gasteiger partial charge in [-0.05, 0) is 36.4 Å². The third-order valence-corrected chi connectivity index (χ3v) is 6.66. The van der Waals surface area contributed by atoms with Crippen molar-refractivity contribution in [2.75, 3.05) is 32.8 Å². The molecule has 1 aliphatic rings. The molecule has 1 fully saturated rings. The highest BCUT2D eigenvalue weighted by Gasteiger charge is 2.30. The molecule has 12 heteroatoms. The summed E-state index contributed by atoms with van der Waals surface area (Å²) in [6, 6.07) is 8.36. The zero-order valence-corrected chi connectivity index (χ0v) is 17.1. The van der Waals surface area contributed by atoms with Crippen LogP contribution in [0.25, 0.3) is 0 Å². The SMILES string of the molecule is O=C(COc1ccc(Cl)cc1[N+](=O)[O-])N1CCN(S(=O)(=O)c2ccc(F)cc2)CC1. The van der Waals surface area contributed by atoms with Crippen LogP contribution in [0.3, 0.4) is 0 Å². The van der Waals surface area contributed by atoms with Gasteiger partial charge in [0.05, 0.1) is 9.82 Å². The Bertz CT molecular complexity index is 1060. The van der Waals surface area contributed by atoms with Crippen LogP contribution in [0.15, 0.2) is 47.4 Å². The molecule has 30 heavy (non-hydrogen) atoms. The van der Waals surface area contributed by atoms with E-state index in [0.717, 1.165) is 18.2 Å². The lowest BCUT2D eigenvalue weighted by atomic mass is 10.3. The molecule has 0 aromatic heterocycles. The van der Waals surface area contributed by atoms with E-state index in [9.17, 15) is 27.7 Å². The van der Waals surface area contributed by atoms with Crippen molar-refractivity contribution in [2.24, 2.45) is 0 Å². The summed E-state index contributed by atoms with van der Waals surface area (Å²) in [6.07, 6.45) is 0. The van der Waals surface area contributed by atoms with E-state index in [1.165, 1.54) is 33.5 Å². The number of ether oxygens (including phenoxy) is 1. The minimum atomic E-state index is -3.79. The van der Waals surface area contributed by atoms with E-state index in [1.807, 2.05) is 0 Å². The molecule has 0 spiro atoms. The van der Waals surface area contributed by atoms with Gasteiger partial charge in [-0.15, -0.1) is 0 Å². The number of rotatable bonds is 6. The molecule has 2 aromatic carbocycles. The Morgan fingerprint density at radius 1 is 1.13 bits per heavy atom. The van der Waals surface area contributed by atoms with E-state index >= 15 is 0 Å². The maximum Gasteiger partial charge on any atom is 0.312 e. The van der Waals surface area contributed by atoms with Gasteiger partial charge in [-0.3, -0.25) is 14.9 Å². The summed E-state index contributed by atoms with van der Waals surface area (Å²) in [5, 5.41) is 11.2. The smallest absolute Gasteiger partial charge is 0.312 e. The Hall–Kier alpha value is -2.76. The number of hydrogen-bond acceptors (Lipinski definition) is 6. The van der Waals surface area contributed by atoms with E-state index < -0.39 is 33.3 Å². The van der Waals surface area contributed by atoms with Gasteiger partial charge in [0.15, 0.2) is 12.4 Å². The fraction of sp³-hybridized carbons (Fsp3) is 0.278. The van der Waals surface area contributed by atoms with E-state index in [4.69, 9.17) is 16.3 Å². The summed E-state index contributed by atoms with van der Waals surface area (Å²) < 4.78 is 44.8. The predicted octanol–water partition coefficient (Wildman–Crippen LogP) is 2.30. The van der Waals surface area contributed by atoms with Crippen LogP contribution in [0.4, 0.5) is 10.1 Å². The number of nitrogens with zero attached hydrogens (tertiary/aromatic N) is 3. The topological polar surface area (TPSA) is 110 Å². The first-order valence-corrected chi connectivity index (χ1v) is 10.6. The molecule has 3 rings (SSSR count). The van der Waals surface area contributed by atoms with E-state index in [2.05, 4.69) is 0 Å². The second-order valence-corrected chi connectivity index (χ2v) is 8.77. The highest BCUT2D eigenvalue weighted by molar-refractivity contribution is 7.89. The fourth-order valence-electron chi connectivity index (χ4n) is 2.92. The third kappa shape index (κ3) is 4.86. The molecule has 0 aliphatic carbocycles. The predicted molar refractivity (Wildman–Crippen MR) is 105 cm³/mol. The Morgan fingerprint density at radius 3 is 2.37 bits per heavy atom. The molecule has 160 valence electrons. The minimum Gasteiger partial charge on any atom is -0.477 e. The van der Waals surface area contributed by atoms with E-state index in [0.29, 0.717) is 0 Å². The normalized spacial score (nSPS) is 15.1. The number of sulfonamides is 1. The molecule has 0 saturated carbocycles. The van der Waals surface area contributed by atoms with Crippen molar-refractivity contribution in [1.82, 2.24) is 9.21 Å². The van der Waals surface area contributed by atoms with Crippen LogP contribution in [0.2, 0.25) is 5.02 Å². The van der Waals surface area contributed by atoms with Gasteiger partial charge in [-0.25, -0.2) is 12.8 Å².